The highest BCUT2D eigenvalue weighted by atomic mass is 32.2. The van der Waals surface area contributed by atoms with E-state index < -0.39 is 23.2 Å². The predicted molar refractivity (Wildman–Crippen MR) is 108 cm³/mol. The summed E-state index contributed by atoms with van der Waals surface area (Å²) in [5, 5.41) is 20.8. The largest absolute Gasteiger partial charge is 0.507 e. The van der Waals surface area contributed by atoms with E-state index in [1.165, 1.54) is 12.1 Å². The Hall–Kier alpha value is -2.39. The van der Waals surface area contributed by atoms with E-state index in [1.807, 2.05) is 0 Å². The van der Waals surface area contributed by atoms with Crippen LogP contribution in [0.4, 0.5) is 4.79 Å². The Morgan fingerprint density at radius 1 is 1.34 bits per heavy atom. The summed E-state index contributed by atoms with van der Waals surface area (Å²) in [6.45, 7) is 4.32. The van der Waals surface area contributed by atoms with Gasteiger partial charge in [0.2, 0.25) is 0 Å². The molecule has 4 rings (SSSR count). The Bertz CT molecular complexity index is 1000. The Kier molecular flexibility index (Phi) is 5.12. The number of carbonyl (C=O) groups is 1. The van der Waals surface area contributed by atoms with E-state index in [1.54, 1.807) is 30.5 Å². The van der Waals surface area contributed by atoms with Crippen molar-refractivity contribution in [3.05, 3.63) is 33.7 Å². The van der Waals surface area contributed by atoms with Gasteiger partial charge in [0.25, 0.3) is 0 Å². The van der Waals surface area contributed by atoms with Crippen LogP contribution in [0.15, 0.2) is 21.3 Å². The number of fused-ring (bicyclic) bond motifs is 2. The van der Waals surface area contributed by atoms with E-state index in [2.05, 4.69) is 0 Å². The molecule has 9 heteroatoms. The number of nitrogens with zero attached hydrogens (tertiary/aromatic N) is 1. The van der Waals surface area contributed by atoms with Gasteiger partial charge in [-0.3, -0.25) is 4.79 Å². The Labute approximate surface area is 171 Å². The summed E-state index contributed by atoms with van der Waals surface area (Å²) in [7, 11) is 0. The third-order valence-corrected chi connectivity index (χ3v) is 6.10. The Balaban J connectivity index is 1.58. The summed E-state index contributed by atoms with van der Waals surface area (Å²) in [5.41, 5.74) is -0.926. The van der Waals surface area contributed by atoms with Crippen molar-refractivity contribution in [3.63, 3.8) is 0 Å². The molecule has 2 N–H and O–H groups in total. The van der Waals surface area contributed by atoms with Gasteiger partial charge in [0.1, 0.15) is 34.3 Å². The van der Waals surface area contributed by atoms with Gasteiger partial charge in [-0.15, -0.1) is 0 Å². The van der Waals surface area contributed by atoms with Crippen molar-refractivity contribution in [2.75, 3.05) is 24.6 Å². The number of aliphatic hydroxyl groups is 1. The summed E-state index contributed by atoms with van der Waals surface area (Å²) >= 11 is 1.79. The molecule has 3 heterocycles. The van der Waals surface area contributed by atoms with Crippen LogP contribution < -0.4 is 10.2 Å². The number of thioether (sulfide) groups is 1. The minimum absolute atomic E-state index is 0.0480. The highest BCUT2D eigenvalue weighted by molar-refractivity contribution is 7.99. The SMILES string of the molecule is CC(C)(O)C1Cc2c(cc3oc(COC(=O)N4CCSCC4)cc(=O)c3c2O)O1. The first kappa shape index (κ1) is 19.9. The van der Waals surface area contributed by atoms with E-state index in [9.17, 15) is 19.8 Å². The van der Waals surface area contributed by atoms with Gasteiger partial charge in [0.05, 0.1) is 5.60 Å². The van der Waals surface area contributed by atoms with Gasteiger partial charge in [-0.2, -0.15) is 11.8 Å². The standard InChI is InChI=1S/C20H23NO7S/c1-20(2,25)16-8-12-14(28-16)9-15-17(18(12)23)13(22)7-11(27-15)10-26-19(24)21-3-5-29-6-4-21/h7,9,16,23,25H,3-6,8,10H2,1-2H3. The van der Waals surface area contributed by atoms with Crippen molar-refractivity contribution < 1.29 is 28.9 Å². The zero-order valence-corrected chi connectivity index (χ0v) is 17.1. The van der Waals surface area contributed by atoms with Gasteiger partial charge in [-0.1, -0.05) is 0 Å². The zero-order valence-electron chi connectivity index (χ0n) is 16.3. The third kappa shape index (κ3) is 3.89. The van der Waals surface area contributed by atoms with E-state index >= 15 is 0 Å². The van der Waals surface area contributed by atoms with Gasteiger partial charge < -0.3 is 29.0 Å². The molecular formula is C20H23NO7S. The lowest BCUT2D eigenvalue weighted by Gasteiger charge is -2.25. The molecule has 1 aromatic heterocycles. The van der Waals surface area contributed by atoms with Crippen LogP contribution in [0, 0.1) is 0 Å². The van der Waals surface area contributed by atoms with Gasteiger partial charge in [-0.25, -0.2) is 4.79 Å². The van der Waals surface area contributed by atoms with Crippen molar-refractivity contribution in [2.24, 2.45) is 0 Å². The van der Waals surface area contributed by atoms with E-state index in [-0.39, 0.29) is 35.5 Å². The molecule has 0 saturated carbocycles. The molecule has 0 radical (unpaired) electrons. The fraction of sp³-hybridized carbons (Fsp3) is 0.500. The van der Waals surface area contributed by atoms with Crippen LogP contribution in [-0.2, 0) is 17.8 Å². The van der Waals surface area contributed by atoms with Gasteiger partial charge in [0.15, 0.2) is 12.0 Å². The number of ether oxygens (including phenoxy) is 2. The molecule has 2 aliphatic rings. The molecule has 8 nitrogen and oxygen atoms in total. The maximum absolute atomic E-state index is 12.6. The second-order valence-electron chi connectivity index (χ2n) is 7.77. The number of hydrogen-bond donors (Lipinski definition) is 2. The molecule has 2 aromatic rings. The average molecular weight is 421 g/mol. The molecule has 1 amide bonds. The minimum atomic E-state index is -1.11. The van der Waals surface area contributed by atoms with Crippen LogP contribution in [0.2, 0.25) is 0 Å². The van der Waals surface area contributed by atoms with Crippen molar-refractivity contribution in [3.8, 4) is 11.5 Å². The van der Waals surface area contributed by atoms with Crippen molar-refractivity contribution >= 4 is 28.8 Å². The number of aromatic hydroxyl groups is 1. The van der Waals surface area contributed by atoms with Crippen LogP contribution in [0.1, 0.15) is 25.2 Å². The first-order valence-corrected chi connectivity index (χ1v) is 10.6. The van der Waals surface area contributed by atoms with E-state index in [0.717, 1.165) is 11.5 Å². The highest BCUT2D eigenvalue weighted by Crippen LogP contribution is 2.42. The first-order chi connectivity index (χ1) is 13.7. The molecule has 0 aliphatic carbocycles. The minimum Gasteiger partial charge on any atom is -0.507 e. The van der Waals surface area contributed by atoms with Crippen LogP contribution >= 0.6 is 11.8 Å². The summed E-state index contributed by atoms with van der Waals surface area (Å²) in [6, 6.07) is 2.75. The molecule has 156 valence electrons. The van der Waals surface area contributed by atoms with Crippen LogP contribution in [0.3, 0.4) is 0 Å². The molecular weight excluding hydrogens is 398 g/mol. The molecule has 1 fully saturated rings. The van der Waals surface area contributed by atoms with Gasteiger partial charge in [0, 0.05) is 48.7 Å². The molecule has 1 saturated heterocycles. The normalized spacial score (nSPS) is 19.1. The zero-order chi connectivity index (χ0) is 20.8. The lowest BCUT2D eigenvalue weighted by molar-refractivity contribution is -0.0229. The fourth-order valence-electron chi connectivity index (χ4n) is 3.49. The molecule has 0 bridgehead atoms. The summed E-state index contributed by atoms with van der Waals surface area (Å²) in [6.07, 6.45) is -0.701. The highest BCUT2D eigenvalue weighted by Gasteiger charge is 2.37. The molecule has 29 heavy (non-hydrogen) atoms. The Morgan fingerprint density at radius 3 is 2.76 bits per heavy atom. The van der Waals surface area contributed by atoms with Gasteiger partial charge >= 0.3 is 6.09 Å². The number of hydrogen-bond acceptors (Lipinski definition) is 8. The van der Waals surface area contributed by atoms with Crippen molar-refractivity contribution in [1.82, 2.24) is 4.90 Å². The number of amides is 1. The number of rotatable bonds is 3. The fourth-order valence-corrected chi connectivity index (χ4v) is 4.39. The number of phenols is 1. The third-order valence-electron chi connectivity index (χ3n) is 5.16. The number of benzene rings is 1. The number of carbonyl (C=O) groups excluding carboxylic acids is 1. The maximum Gasteiger partial charge on any atom is 0.410 e. The average Bonchev–Trinajstić information content (AvgIpc) is 3.11. The van der Waals surface area contributed by atoms with Crippen molar-refractivity contribution in [1.29, 1.82) is 0 Å². The second kappa shape index (κ2) is 7.46. The summed E-state index contributed by atoms with van der Waals surface area (Å²) in [5.74, 6) is 2.09. The molecule has 1 atom stereocenters. The summed E-state index contributed by atoms with van der Waals surface area (Å²) < 4.78 is 16.7. The first-order valence-electron chi connectivity index (χ1n) is 9.44. The van der Waals surface area contributed by atoms with E-state index in [0.29, 0.717) is 24.4 Å². The lowest BCUT2D eigenvalue weighted by atomic mass is 9.96. The maximum atomic E-state index is 12.6. The molecule has 1 unspecified atom stereocenters. The smallest absolute Gasteiger partial charge is 0.410 e. The summed E-state index contributed by atoms with van der Waals surface area (Å²) in [4.78, 5) is 26.4. The number of phenolic OH excluding ortho intramolecular Hbond substituents is 1. The van der Waals surface area contributed by atoms with Crippen LogP contribution in [-0.4, -0.2) is 57.5 Å². The molecule has 2 aliphatic heterocycles. The molecule has 0 spiro atoms. The Morgan fingerprint density at radius 2 is 2.07 bits per heavy atom. The topological polar surface area (TPSA) is 109 Å². The molecule has 1 aromatic carbocycles. The lowest BCUT2D eigenvalue weighted by Crippen LogP contribution is -2.39. The monoisotopic (exact) mass is 421 g/mol. The van der Waals surface area contributed by atoms with Gasteiger partial charge in [-0.05, 0) is 13.8 Å². The second-order valence-corrected chi connectivity index (χ2v) is 8.99. The van der Waals surface area contributed by atoms with Crippen molar-refractivity contribution in [2.45, 2.75) is 38.6 Å². The van der Waals surface area contributed by atoms with E-state index in [4.69, 9.17) is 13.9 Å². The van der Waals surface area contributed by atoms with Crippen LogP contribution in [0.5, 0.6) is 11.5 Å². The van der Waals surface area contributed by atoms with Crippen LogP contribution in [0.25, 0.3) is 11.0 Å². The predicted octanol–water partition coefficient (Wildman–Crippen LogP) is 2.26. The quantitative estimate of drug-likeness (QED) is 0.777.